The summed E-state index contributed by atoms with van der Waals surface area (Å²) >= 11 is 0. The molecule has 0 nitrogen and oxygen atoms in total. The molecule has 0 heterocycles. The summed E-state index contributed by atoms with van der Waals surface area (Å²) in [5.41, 5.74) is 0. The van der Waals surface area contributed by atoms with Crippen LogP contribution in [0, 0.1) is 0 Å². The van der Waals surface area contributed by atoms with E-state index in [2.05, 4.69) is 0 Å². The van der Waals surface area contributed by atoms with Crippen LogP contribution < -0.4 is 0 Å². The van der Waals surface area contributed by atoms with Gasteiger partial charge in [0, 0.05) is 10.3 Å². The smallest absolute Gasteiger partial charge is 0.0922 e. The lowest BCUT2D eigenvalue weighted by atomic mass is 10.2. The van der Waals surface area contributed by atoms with E-state index in [1.807, 2.05) is 41.5 Å². The van der Waals surface area contributed by atoms with Crippen molar-refractivity contribution in [3.63, 3.8) is 0 Å². The molecule has 0 unspecified atom stereocenters. The molecule has 0 rings (SSSR count). The van der Waals surface area contributed by atoms with Gasteiger partial charge in [-0.2, -0.15) is 0 Å². The van der Waals surface area contributed by atoms with Crippen molar-refractivity contribution in [1.82, 2.24) is 0 Å². The zero-order chi connectivity index (χ0) is 8.58. The summed E-state index contributed by atoms with van der Waals surface area (Å²) in [4.78, 5) is 0. The van der Waals surface area contributed by atoms with E-state index in [0.29, 0.717) is 0 Å². The molecule has 62 valence electrons. The van der Waals surface area contributed by atoms with Crippen LogP contribution in [0.3, 0.4) is 0 Å². The van der Waals surface area contributed by atoms with E-state index < -0.39 is 8.23 Å². The van der Waals surface area contributed by atoms with Crippen molar-refractivity contribution >= 4 is 8.23 Å². The number of rotatable bonds is 0. The third-order valence-electron chi connectivity index (χ3n) is 1.18. The Labute approximate surface area is 65.1 Å². The zero-order valence-electron chi connectivity index (χ0n) is 7.83. The van der Waals surface area contributed by atoms with Crippen molar-refractivity contribution in [2.75, 3.05) is 0 Å². The summed E-state index contributed by atoms with van der Waals surface area (Å²) in [6.45, 7) is 11.8. The molecule has 0 aromatic carbocycles. The number of hydrogen-bond acceptors (Lipinski definition) is 0. The van der Waals surface area contributed by atoms with Crippen LogP contribution in [0.15, 0.2) is 0 Å². The van der Waals surface area contributed by atoms with Crippen molar-refractivity contribution in [1.29, 1.82) is 0 Å². The highest BCUT2D eigenvalue weighted by Gasteiger charge is 2.35. The van der Waals surface area contributed by atoms with Gasteiger partial charge in [0.2, 0.25) is 0 Å². The van der Waals surface area contributed by atoms with E-state index >= 15 is 0 Å². The van der Waals surface area contributed by atoms with E-state index in [1.165, 1.54) is 0 Å². The van der Waals surface area contributed by atoms with Gasteiger partial charge >= 0.3 is 0 Å². The Hall–Kier alpha value is 0.360. The second-order valence-electron chi connectivity index (χ2n) is 4.62. The van der Waals surface area contributed by atoms with Crippen molar-refractivity contribution in [2.24, 2.45) is 0 Å². The highest BCUT2D eigenvalue weighted by atomic mass is 31.2. The molecule has 0 spiro atoms. The molecule has 0 aliphatic carbocycles. The van der Waals surface area contributed by atoms with Gasteiger partial charge in [0.05, 0.1) is 8.23 Å². The Morgan fingerprint density at radius 2 is 1.00 bits per heavy atom. The minimum absolute atomic E-state index is 0.159. The normalized spacial score (nSPS) is 14.4. The molecule has 0 aliphatic rings. The Kier molecular flexibility index (Phi) is 2.87. The highest BCUT2D eigenvalue weighted by Crippen LogP contribution is 2.60. The predicted octanol–water partition coefficient (Wildman–Crippen LogP) is 3.95. The molecule has 0 radical (unpaired) electrons. The van der Waals surface area contributed by atoms with Gasteiger partial charge in [0.15, 0.2) is 0 Å². The van der Waals surface area contributed by atoms with Crippen LogP contribution in [-0.2, 0) is 0 Å². The Bertz CT molecular complexity index is 93.4. The van der Waals surface area contributed by atoms with Gasteiger partial charge in [-0.05, 0) is 0 Å². The molecule has 0 N–H and O–H groups in total. The maximum Gasteiger partial charge on any atom is 0.0922 e. The predicted molar refractivity (Wildman–Crippen MR) is 47.5 cm³/mol. The average molecular weight is 164 g/mol. The molecule has 0 aromatic rings. The van der Waals surface area contributed by atoms with Crippen molar-refractivity contribution in [2.45, 2.75) is 51.9 Å². The largest absolute Gasteiger partial charge is 0.226 e. The fraction of sp³-hybridized carbons (Fsp3) is 1.00. The highest BCUT2D eigenvalue weighted by molar-refractivity contribution is 7.55. The topological polar surface area (TPSA) is 0 Å². The monoisotopic (exact) mass is 164 g/mol. The fourth-order valence-electron chi connectivity index (χ4n) is 1.01. The standard InChI is InChI=1S/C8H18FP/c1-7(2,3)10(9)8(4,5)6/h1-6H3. The third-order valence-corrected chi connectivity index (χ3v) is 3.53. The Morgan fingerprint density at radius 1 is 0.800 bits per heavy atom. The maximum absolute atomic E-state index is 13.5. The van der Waals surface area contributed by atoms with Crippen LogP contribution in [-0.4, -0.2) is 10.3 Å². The second-order valence-corrected chi connectivity index (χ2v) is 7.87. The molecule has 0 atom stereocenters. The SMILES string of the molecule is CC(C)(C)P(F)C(C)(C)C. The van der Waals surface area contributed by atoms with Crippen molar-refractivity contribution in [3.8, 4) is 0 Å². The van der Waals surface area contributed by atoms with Gasteiger partial charge in [0.1, 0.15) is 0 Å². The van der Waals surface area contributed by atoms with Gasteiger partial charge in [-0.15, -0.1) is 0 Å². The van der Waals surface area contributed by atoms with E-state index in [4.69, 9.17) is 0 Å². The quantitative estimate of drug-likeness (QED) is 0.475. The van der Waals surface area contributed by atoms with E-state index in [9.17, 15) is 4.20 Å². The van der Waals surface area contributed by atoms with Crippen LogP contribution in [0.4, 0.5) is 4.20 Å². The van der Waals surface area contributed by atoms with Gasteiger partial charge < -0.3 is 0 Å². The fourth-order valence-corrected chi connectivity index (χ4v) is 3.02. The molecular weight excluding hydrogens is 146 g/mol. The van der Waals surface area contributed by atoms with Crippen LogP contribution in [0.2, 0.25) is 0 Å². The minimum Gasteiger partial charge on any atom is -0.226 e. The van der Waals surface area contributed by atoms with Gasteiger partial charge in [-0.25, -0.2) is 4.20 Å². The summed E-state index contributed by atoms with van der Waals surface area (Å²) in [6, 6.07) is 0. The summed E-state index contributed by atoms with van der Waals surface area (Å²) in [7, 11) is -1.36. The summed E-state index contributed by atoms with van der Waals surface area (Å²) < 4.78 is 13.5. The van der Waals surface area contributed by atoms with Crippen molar-refractivity contribution < 1.29 is 4.20 Å². The van der Waals surface area contributed by atoms with Crippen LogP contribution >= 0.6 is 8.23 Å². The third kappa shape index (κ3) is 2.96. The van der Waals surface area contributed by atoms with Crippen LogP contribution in [0.25, 0.3) is 0 Å². The lowest BCUT2D eigenvalue weighted by Crippen LogP contribution is -2.22. The number of halogens is 1. The summed E-state index contributed by atoms with van der Waals surface area (Å²) in [6.07, 6.45) is 0. The van der Waals surface area contributed by atoms with E-state index in [0.717, 1.165) is 0 Å². The molecule has 0 aromatic heterocycles. The van der Waals surface area contributed by atoms with Gasteiger partial charge in [0.25, 0.3) is 0 Å². The lowest BCUT2D eigenvalue weighted by Gasteiger charge is -2.33. The lowest BCUT2D eigenvalue weighted by molar-refractivity contribution is 0.640. The molecule has 0 bridgehead atoms. The first kappa shape index (κ1) is 10.4. The first-order chi connectivity index (χ1) is 4.15. The van der Waals surface area contributed by atoms with Crippen LogP contribution in [0.5, 0.6) is 0 Å². The molecule has 10 heavy (non-hydrogen) atoms. The Morgan fingerprint density at radius 3 is 1.00 bits per heavy atom. The molecular formula is C8H18FP. The molecule has 0 saturated heterocycles. The average Bonchev–Trinajstić information content (AvgIpc) is 1.59. The van der Waals surface area contributed by atoms with Crippen molar-refractivity contribution in [3.05, 3.63) is 0 Å². The molecule has 0 amide bonds. The molecule has 2 heteroatoms. The van der Waals surface area contributed by atoms with Crippen LogP contribution in [0.1, 0.15) is 41.5 Å². The zero-order valence-corrected chi connectivity index (χ0v) is 8.72. The number of hydrogen-bond donors (Lipinski definition) is 0. The maximum atomic E-state index is 13.5. The molecule has 0 saturated carbocycles. The minimum atomic E-state index is -1.36. The second kappa shape index (κ2) is 2.77. The molecule has 0 fully saturated rings. The van der Waals surface area contributed by atoms with E-state index in [-0.39, 0.29) is 10.3 Å². The van der Waals surface area contributed by atoms with Gasteiger partial charge in [-0.3, -0.25) is 0 Å². The summed E-state index contributed by atoms with van der Waals surface area (Å²) in [5, 5.41) is -0.318. The van der Waals surface area contributed by atoms with Gasteiger partial charge in [-0.1, -0.05) is 41.5 Å². The van der Waals surface area contributed by atoms with E-state index in [1.54, 1.807) is 0 Å². The first-order valence-electron chi connectivity index (χ1n) is 3.62. The Balaban J connectivity index is 4.23. The first-order valence-corrected chi connectivity index (χ1v) is 4.85. The summed E-state index contributed by atoms with van der Waals surface area (Å²) in [5.74, 6) is 0. The molecule has 0 aliphatic heterocycles.